The van der Waals surface area contributed by atoms with Gasteiger partial charge in [-0.15, -0.1) is 0 Å². The standard InChI is InChI=1S/C15H16N2O3/c1-20-15-8-11(6-7-16-15)10-17-14(19)9-12-4-2-3-5-13(12)18/h2-8,18H,9-10H2,1H3,(H,17,19). The highest BCUT2D eigenvalue weighted by molar-refractivity contribution is 5.79. The van der Waals surface area contributed by atoms with Crippen molar-refractivity contribution >= 4 is 5.91 Å². The molecule has 1 heterocycles. The van der Waals surface area contributed by atoms with Crippen LogP contribution in [-0.4, -0.2) is 23.1 Å². The Kier molecular flexibility index (Phi) is 4.55. The lowest BCUT2D eigenvalue weighted by Gasteiger charge is -2.07. The van der Waals surface area contributed by atoms with Crippen molar-refractivity contribution in [1.29, 1.82) is 0 Å². The van der Waals surface area contributed by atoms with E-state index in [2.05, 4.69) is 10.3 Å². The van der Waals surface area contributed by atoms with E-state index >= 15 is 0 Å². The summed E-state index contributed by atoms with van der Waals surface area (Å²) >= 11 is 0. The fourth-order valence-corrected chi connectivity index (χ4v) is 1.77. The van der Waals surface area contributed by atoms with E-state index in [9.17, 15) is 9.90 Å². The zero-order chi connectivity index (χ0) is 14.4. The fraction of sp³-hybridized carbons (Fsp3) is 0.200. The van der Waals surface area contributed by atoms with E-state index in [1.807, 2.05) is 6.07 Å². The second-order valence-electron chi connectivity index (χ2n) is 4.29. The summed E-state index contributed by atoms with van der Waals surface area (Å²) < 4.78 is 5.02. The average molecular weight is 272 g/mol. The first kappa shape index (κ1) is 13.9. The summed E-state index contributed by atoms with van der Waals surface area (Å²) in [5, 5.41) is 12.4. The molecule has 1 amide bonds. The number of nitrogens with zero attached hydrogens (tertiary/aromatic N) is 1. The van der Waals surface area contributed by atoms with E-state index in [1.165, 1.54) is 0 Å². The lowest BCUT2D eigenvalue weighted by molar-refractivity contribution is -0.120. The molecule has 0 unspecified atom stereocenters. The maximum Gasteiger partial charge on any atom is 0.224 e. The second kappa shape index (κ2) is 6.56. The Balaban J connectivity index is 1.90. The Morgan fingerprint density at radius 2 is 2.15 bits per heavy atom. The van der Waals surface area contributed by atoms with Gasteiger partial charge in [-0.2, -0.15) is 0 Å². The minimum Gasteiger partial charge on any atom is -0.508 e. The first-order valence-corrected chi connectivity index (χ1v) is 6.21. The molecule has 1 aromatic carbocycles. The van der Waals surface area contributed by atoms with Crippen LogP contribution in [0.4, 0.5) is 0 Å². The van der Waals surface area contributed by atoms with E-state index in [1.54, 1.807) is 43.6 Å². The van der Waals surface area contributed by atoms with Gasteiger partial charge in [-0.3, -0.25) is 4.79 Å². The first-order valence-electron chi connectivity index (χ1n) is 6.21. The third kappa shape index (κ3) is 3.71. The van der Waals surface area contributed by atoms with Gasteiger partial charge in [0.15, 0.2) is 0 Å². The van der Waals surface area contributed by atoms with Crippen LogP contribution >= 0.6 is 0 Å². The van der Waals surface area contributed by atoms with Gasteiger partial charge in [-0.05, 0) is 17.7 Å². The molecule has 0 aliphatic carbocycles. The molecule has 5 heteroatoms. The minimum atomic E-state index is -0.151. The Morgan fingerprint density at radius 3 is 2.90 bits per heavy atom. The number of rotatable bonds is 5. The van der Waals surface area contributed by atoms with Crippen LogP contribution in [0.3, 0.4) is 0 Å². The number of phenolic OH excluding ortho intramolecular Hbond substituents is 1. The number of benzene rings is 1. The molecule has 0 fully saturated rings. The van der Waals surface area contributed by atoms with Gasteiger partial charge in [-0.1, -0.05) is 18.2 Å². The molecule has 0 saturated heterocycles. The number of aromatic hydroxyl groups is 1. The normalized spacial score (nSPS) is 10.1. The van der Waals surface area contributed by atoms with E-state index in [4.69, 9.17) is 4.74 Å². The van der Waals surface area contributed by atoms with Crippen molar-refractivity contribution in [3.05, 3.63) is 53.7 Å². The first-order chi connectivity index (χ1) is 9.69. The molecule has 104 valence electrons. The molecular weight excluding hydrogens is 256 g/mol. The maximum atomic E-state index is 11.8. The van der Waals surface area contributed by atoms with E-state index < -0.39 is 0 Å². The number of aromatic nitrogens is 1. The Hall–Kier alpha value is -2.56. The number of pyridine rings is 1. The number of methoxy groups -OCH3 is 1. The van der Waals surface area contributed by atoms with Crippen molar-refractivity contribution in [3.8, 4) is 11.6 Å². The molecule has 0 aliphatic rings. The van der Waals surface area contributed by atoms with Gasteiger partial charge < -0.3 is 15.2 Å². The Morgan fingerprint density at radius 1 is 1.35 bits per heavy atom. The summed E-state index contributed by atoms with van der Waals surface area (Å²) in [7, 11) is 1.54. The number of amides is 1. The smallest absolute Gasteiger partial charge is 0.224 e. The molecule has 0 bridgehead atoms. The van der Waals surface area contributed by atoms with Crippen LogP contribution in [0.15, 0.2) is 42.6 Å². The van der Waals surface area contributed by atoms with Gasteiger partial charge >= 0.3 is 0 Å². The highest BCUT2D eigenvalue weighted by Crippen LogP contribution is 2.16. The zero-order valence-corrected chi connectivity index (χ0v) is 11.2. The Bertz CT molecular complexity index is 599. The number of hydrogen-bond donors (Lipinski definition) is 2. The van der Waals surface area contributed by atoms with Crippen LogP contribution < -0.4 is 10.1 Å². The number of ether oxygens (including phenoxy) is 1. The van der Waals surface area contributed by atoms with Gasteiger partial charge in [0.05, 0.1) is 13.5 Å². The summed E-state index contributed by atoms with van der Waals surface area (Å²) in [4.78, 5) is 15.8. The van der Waals surface area contributed by atoms with Gasteiger partial charge in [0.2, 0.25) is 11.8 Å². The van der Waals surface area contributed by atoms with Gasteiger partial charge in [0.1, 0.15) is 5.75 Å². The van der Waals surface area contributed by atoms with Crippen LogP contribution in [0.5, 0.6) is 11.6 Å². The van der Waals surface area contributed by atoms with Crippen LogP contribution in [0, 0.1) is 0 Å². The number of nitrogens with one attached hydrogen (secondary N) is 1. The number of carbonyl (C=O) groups excluding carboxylic acids is 1. The summed E-state index contributed by atoms with van der Waals surface area (Å²) in [5.41, 5.74) is 1.51. The molecule has 0 atom stereocenters. The van der Waals surface area contributed by atoms with Crippen molar-refractivity contribution in [2.24, 2.45) is 0 Å². The van der Waals surface area contributed by atoms with Gasteiger partial charge in [0.25, 0.3) is 0 Å². The molecule has 0 radical (unpaired) electrons. The zero-order valence-electron chi connectivity index (χ0n) is 11.2. The van der Waals surface area contributed by atoms with Crippen molar-refractivity contribution in [2.45, 2.75) is 13.0 Å². The summed E-state index contributed by atoms with van der Waals surface area (Å²) in [5.74, 6) is 0.493. The topological polar surface area (TPSA) is 71.5 Å². The molecule has 0 saturated carbocycles. The number of phenols is 1. The molecule has 2 N–H and O–H groups in total. The molecule has 2 aromatic rings. The highest BCUT2D eigenvalue weighted by atomic mass is 16.5. The monoisotopic (exact) mass is 272 g/mol. The largest absolute Gasteiger partial charge is 0.508 e. The average Bonchev–Trinajstić information content (AvgIpc) is 2.48. The minimum absolute atomic E-state index is 0.133. The van der Waals surface area contributed by atoms with Gasteiger partial charge in [0, 0.05) is 24.4 Å². The van der Waals surface area contributed by atoms with Crippen molar-refractivity contribution in [1.82, 2.24) is 10.3 Å². The van der Waals surface area contributed by atoms with E-state index in [0.717, 1.165) is 5.56 Å². The molecule has 0 aliphatic heterocycles. The summed E-state index contributed by atoms with van der Waals surface area (Å²) in [6.07, 6.45) is 1.78. The lowest BCUT2D eigenvalue weighted by Crippen LogP contribution is -2.24. The summed E-state index contributed by atoms with van der Waals surface area (Å²) in [6.45, 7) is 0.394. The predicted octanol–water partition coefficient (Wildman–Crippen LogP) is 1.65. The highest BCUT2D eigenvalue weighted by Gasteiger charge is 2.07. The molecule has 0 spiro atoms. The molecular formula is C15H16N2O3. The molecule has 2 rings (SSSR count). The molecule has 1 aromatic heterocycles. The lowest BCUT2D eigenvalue weighted by atomic mass is 10.1. The third-order valence-corrected chi connectivity index (χ3v) is 2.84. The van der Waals surface area contributed by atoms with Crippen LogP contribution in [0.2, 0.25) is 0 Å². The SMILES string of the molecule is COc1cc(CNC(=O)Cc2ccccc2O)ccn1. The maximum absolute atomic E-state index is 11.8. The van der Waals surface area contributed by atoms with Crippen LogP contribution in [-0.2, 0) is 17.8 Å². The van der Waals surface area contributed by atoms with Crippen molar-refractivity contribution < 1.29 is 14.6 Å². The summed E-state index contributed by atoms with van der Waals surface area (Å²) in [6, 6.07) is 10.4. The Labute approximate surface area is 117 Å². The fourth-order valence-electron chi connectivity index (χ4n) is 1.77. The van der Waals surface area contributed by atoms with Crippen LogP contribution in [0.1, 0.15) is 11.1 Å². The number of para-hydroxylation sites is 1. The quantitative estimate of drug-likeness (QED) is 0.868. The molecule has 5 nitrogen and oxygen atoms in total. The molecule has 20 heavy (non-hydrogen) atoms. The van der Waals surface area contributed by atoms with E-state index in [-0.39, 0.29) is 18.1 Å². The second-order valence-corrected chi connectivity index (χ2v) is 4.29. The van der Waals surface area contributed by atoms with Gasteiger partial charge in [-0.25, -0.2) is 4.98 Å². The van der Waals surface area contributed by atoms with E-state index in [0.29, 0.717) is 18.0 Å². The number of hydrogen-bond acceptors (Lipinski definition) is 4. The predicted molar refractivity (Wildman–Crippen MR) is 74.4 cm³/mol. The van der Waals surface area contributed by atoms with Crippen molar-refractivity contribution in [2.75, 3.05) is 7.11 Å². The van der Waals surface area contributed by atoms with Crippen LogP contribution in [0.25, 0.3) is 0 Å². The third-order valence-electron chi connectivity index (χ3n) is 2.84. The van der Waals surface area contributed by atoms with Crippen molar-refractivity contribution in [3.63, 3.8) is 0 Å². The number of carbonyl (C=O) groups is 1.